The molecule has 1 aromatic rings. The Morgan fingerprint density at radius 3 is 2.76 bits per heavy atom. The smallest absolute Gasteiger partial charge is 0.0236 e. The van der Waals surface area contributed by atoms with E-state index in [1.807, 2.05) is 6.08 Å². The molecule has 1 N–H and O–H groups in total. The predicted octanol–water partition coefficient (Wildman–Crippen LogP) is 2.59. The molecule has 0 saturated heterocycles. The molecule has 17 heavy (non-hydrogen) atoms. The third-order valence-electron chi connectivity index (χ3n) is 3.16. The average molecular weight is 232 g/mol. The van der Waals surface area contributed by atoms with Gasteiger partial charge in [-0.2, -0.15) is 0 Å². The zero-order chi connectivity index (χ0) is 12.7. The number of nitrogens with one attached hydrogen (secondary N) is 1. The van der Waals surface area contributed by atoms with Gasteiger partial charge in [-0.05, 0) is 32.0 Å². The van der Waals surface area contributed by atoms with E-state index in [0.29, 0.717) is 6.04 Å². The third kappa shape index (κ3) is 4.72. The number of likely N-dealkylation sites (N-methyl/N-ethyl adjacent to an activating group) is 1. The van der Waals surface area contributed by atoms with Gasteiger partial charge in [-0.3, -0.25) is 4.90 Å². The highest BCUT2D eigenvalue weighted by Crippen LogP contribution is 2.10. The maximum absolute atomic E-state index is 3.71. The van der Waals surface area contributed by atoms with Crippen LogP contribution < -0.4 is 5.32 Å². The summed E-state index contributed by atoms with van der Waals surface area (Å²) in [5, 5.41) is 3.36. The van der Waals surface area contributed by atoms with Gasteiger partial charge in [0.25, 0.3) is 0 Å². The van der Waals surface area contributed by atoms with Gasteiger partial charge in [-0.25, -0.2) is 0 Å². The van der Waals surface area contributed by atoms with Crippen molar-refractivity contribution in [2.45, 2.75) is 26.4 Å². The first-order valence-corrected chi connectivity index (χ1v) is 6.21. The molecule has 0 bridgehead atoms. The van der Waals surface area contributed by atoms with Crippen molar-refractivity contribution in [1.82, 2.24) is 10.2 Å². The second-order valence-corrected chi connectivity index (χ2v) is 4.64. The van der Waals surface area contributed by atoms with E-state index in [9.17, 15) is 0 Å². The van der Waals surface area contributed by atoms with Gasteiger partial charge in [-0.1, -0.05) is 30.3 Å². The van der Waals surface area contributed by atoms with E-state index in [1.54, 1.807) is 0 Å². The fraction of sp³-hybridized carbons (Fsp3) is 0.467. The van der Waals surface area contributed by atoms with Crippen molar-refractivity contribution in [3.8, 4) is 0 Å². The number of hydrogen-bond acceptors (Lipinski definition) is 2. The second kappa shape index (κ2) is 7.25. The van der Waals surface area contributed by atoms with Crippen molar-refractivity contribution in [2.24, 2.45) is 0 Å². The van der Waals surface area contributed by atoms with E-state index >= 15 is 0 Å². The van der Waals surface area contributed by atoms with Crippen LogP contribution in [-0.4, -0.2) is 31.1 Å². The topological polar surface area (TPSA) is 15.3 Å². The van der Waals surface area contributed by atoms with Crippen molar-refractivity contribution < 1.29 is 0 Å². The summed E-state index contributed by atoms with van der Waals surface area (Å²) in [5.41, 5.74) is 2.77. The molecular weight excluding hydrogens is 208 g/mol. The predicted molar refractivity (Wildman–Crippen MR) is 75.2 cm³/mol. The highest BCUT2D eigenvalue weighted by Gasteiger charge is 2.09. The molecule has 0 aliphatic rings. The Morgan fingerprint density at radius 1 is 1.41 bits per heavy atom. The van der Waals surface area contributed by atoms with Crippen LogP contribution in [-0.2, 0) is 6.54 Å². The van der Waals surface area contributed by atoms with Crippen molar-refractivity contribution in [3.05, 3.63) is 48.0 Å². The van der Waals surface area contributed by atoms with Crippen molar-refractivity contribution in [2.75, 3.05) is 20.1 Å². The summed E-state index contributed by atoms with van der Waals surface area (Å²) in [7, 11) is 2.17. The van der Waals surface area contributed by atoms with E-state index in [-0.39, 0.29) is 0 Å². The van der Waals surface area contributed by atoms with E-state index in [0.717, 1.165) is 19.6 Å². The Morgan fingerprint density at radius 2 is 2.12 bits per heavy atom. The minimum absolute atomic E-state index is 0.523. The first-order valence-electron chi connectivity index (χ1n) is 6.21. The van der Waals surface area contributed by atoms with Gasteiger partial charge >= 0.3 is 0 Å². The van der Waals surface area contributed by atoms with Gasteiger partial charge in [0.1, 0.15) is 0 Å². The molecule has 1 aromatic carbocycles. The molecule has 0 heterocycles. The van der Waals surface area contributed by atoms with E-state index in [4.69, 9.17) is 0 Å². The molecule has 0 spiro atoms. The summed E-state index contributed by atoms with van der Waals surface area (Å²) in [4.78, 5) is 2.37. The highest BCUT2D eigenvalue weighted by atomic mass is 15.1. The molecule has 1 unspecified atom stereocenters. The number of aryl methyl sites for hydroxylation is 1. The maximum Gasteiger partial charge on any atom is 0.0236 e. The van der Waals surface area contributed by atoms with Gasteiger partial charge in [0.05, 0.1) is 0 Å². The average Bonchev–Trinajstić information content (AvgIpc) is 2.32. The molecule has 94 valence electrons. The largest absolute Gasteiger partial charge is 0.312 e. The summed E-state index contributed by atoms with van der Waals surface area (Å²) in [6.07, 6.45) is 1.90. The highest BCUT2D eigenvalue weighted by molar-refractivity contribution is 5.25. The molecule has 1 rings (SSSR count). The van der Waals surface area contributed by atoms with Crippen LogP contribution in [0.1, 0.15) is 18.1 Å². The lowest BCUT2D eigenvalue weighted by Gasteiger charge is -2.25. The molecule has 0 amide bonds. The second-order valence-electron chi connectivity index (χ2n) is 4.64. The van der Waals surface area contributed by atoms with Crippen molar-refractivity contribution >= 4 is 0 Å². The molecule has 0 radical (unpaired) electrons. The van der Waals surface area contributed by atoms with Crippen molar-refractivity contribution in [1.29, 1.82) is 0 Å². The monoisotopic (exact) mass is 232 g/mol. The number of nitrogens with zero attached hydrogens (tertiary/aromatic N) is 1. The SMILES string of the molecule is C=CCNCC(C)N(C)Cc1ccccc1C. The minimum Gasteiger partial charge on any atom is -0.312 e. The van der Waals surface area contributed by atoms with Crippen molar-refractivity contribution in [3.63, 3.8) is 0 Å². The summed E-state index contributed by atoms with van der Waals surface area (Å²) in [6, 6.07) is 9.10. The summed E-state index contributed by atoms with van der Waals surface area (Å²) < 4.78 is 0. The van der Waals surface area contributed by atoms with Crippen LogP contribution in [0, 0.1) is 6.92 Å². The molecule has 0 aromatic heterocycles. The van der Waals surface area contributed by atoms with Crippen LogP contribution >= 0.6 is 0 Å². The van der Waals surface area contributed by atoms with Crippen LogP contribution in [0.15, 0.2) is 36.9 Å². The maximum atomic E-state index is 3.71. The third-order valence-corrected chi connectivity index (χ3v) is 3.16. The van der Waals surface area contributed by atoms with Gasteiger partial charge in [-0.15, -0.1) is 6.58 Å². The normalized spacial score (nSPS) is 12.7. The molecule has 2 heteroatoms. The fourth-order valence-corrected chi connectivity index (χ4v) is 1.76. The molecule has 0 aliphatic heterocycles. The summed E-state index contributed by atoms with van der Waals surface area (Å²) in [6.45, 7) is 11.0. The standard InChI is InChI=1S/C15H24N2/c1-5-10-16-11-14(3)17(4)12-15-9-7-6-8-13(15)2/h5-9,14,16H,1,10-12H2,2-4H3. The van der Waals surface area contributed by atoms with Gasteiger partial charge < -0.3 is 5.32 Å². The van der Waals surface area contributed by atoms with Crippen LogP contribution in [0.4, 0.5) is 0 Å². The van der Waals surface area contributed by atoms with Crippen LogP contribution in [0.2, 0.25) is 0 Å². The van der Waals surface area contributed by atoms with Crippen LogP contribution in [0.5, 0.6) is 0 Å². The lowest BCUT2D eigenvalue weighted by atomic mass is 10.1. The molecule has 0 aliphatic carbocycles. The molecule has 2 nitrogen and oxygen atoms in total. The van der Waals surface area contributed by atoms with E-state index < -0.39 is 0 Å². The lowest BCUT2D eigenvalue weighted by Crippen LogP contribution is -2.37. The first kappa shape index (κ1) is 13.9. The van der Waals surface area contributed by atoms with Crippen LogP contribution in [0.3, 0.4) is 0 Å². The van der Waals surface area contributed by atoms with Gasteiger partial charge in [0.15, 0.2) is 0 Å². The Hall–Kier alpha value is -1.12. The lowest BCUT2D eigenvalue weighted by molar-refractivity contribution is 0.244. The molecule has 0 fully saturated rings. The number of rotatable bonds is 7. The first-order chi connectivity index (χ1) is 8.15. The van der Waals surface area contributed by atoms with E-state index in [2.05, 4.69) is 62.0 Å². The van der Waals surface area contributed by atoms with Gasteiger partial charge in [0.2, 0.25) is 0 Å². The molecule has 0 saturated carbocycles. The molecular formula is C15H24N2. The zero-order valence-corrected chi connectivity index (χ0v) is 11.2. The number of hydrogen-bond donors (Lipinski definition) is 1. The number of benzene rings is 1. The quantitative estimate of drug-likeness (QED) is 0.574. The van der Waals surface area contributed by atoms with E-state index in [1.165, 1.54) is 11.1 Å². The Bertz CT molecular complexity index is 347. The van der Waals surface area contributed by atoms with Gasteiger partial charge in [0, 0.05) is 25.7 Å². The minimum atomic E-state index is 0.523. The summed E-state index contributed by atoms with van der Waals surface area (Å²) in [5.74, 6) is 0. The van der Waals surface area contributed by atoms with Crippen LogP contribution in [0.25, 0.3) is 0 Å². The Kier molecular flexibility index (Phi) is 5.95. The Labute approximate surface area is 105 Å². The zero-order valence-electron chi connectivity index (χ0n) is 11.2. The fourth-order valence-electron chi connectivity index (χ4n) is 1.76. The Balaban J connectivity index is 2.45. The molecule has 1 atom stereocenters. The summed E-state index contributed by atoms with van der Waals surface area (Å²) >= 11 is 0.